The summed E-state index contributed by atoms with van der Waals surface area (Å²) in [6.45, 7) is 0. The van der Waals surface area contributed by atoms with Crippen LogP contribution in [0.1, 0.15) is 0 Å². The average molecular weight is 445 g/mol. The molecule has 6 aromatic carbocycles. The van der Waals surface area contributed by atoms with E-state index in [1.54, 1.807) is 0 Å². The molecule has 0 aliphatic carbocycles. The Morgan fingerprint density at radius 1 is 0.344 bits per heavy atom. The van der Waals surface area contributed by atoms with Crippen molar-refractivity contribution in [3.05, 3.63) is 127 Å². The van der Waals surface area contributed by atoms with Gasteiger partial charge in [-0.15, -0.1) is 11.1 Å². The highest BCUT2D eigenvalue weighted by atomic mass is 35.6. The lowest BCUT2D eigenvalue weighted by Gasteiger charge is -2.27. The maximum atomic E-state index is 7.86. The standard InChI is InChI=1S/C30H21ClSi/c31-32(28-16-13-22-7-1-4-10-25(22)19-28,29-17-14-23-8-2-5-11-26(23)20-29)30-18-15-24-9-3-6-12-27(24)21-30/h1-21H. The lowest BCUT2D eigenvalue weighted by Crippen LogP contribution is -2.62. The molecule has 0 amide bonds. The minimum atomic E-state index is -2.76. The Hall–Kier alpha value is -3.39. The predicted octanol–water partition coefficient (Wildman–Crippen LogP) is 6.35. The van der Waals surface area contributed by atoms with Gasteiger partial charge in [-0.1, -0.05) is 127 Å². The van der Waals surface area contributed by atoms with E-state index >= 15 is 0 Å². The van der Waals surface area contributed by atoms with Gasteiger partial charge in [0.2, 0.25) is 7.38 Å². The van der Waals surface area contributed by atoms with Crippen molar-refractivity contribution >= 4 is 66.3 Å². The fourth-order valence-electron chi connectivity index (χ4n) is 4.71. The van der Waals surface area contributed by atoms with E-state index in [0.29, 0.717) is 0 Å². The molecular formula is C30H21ClSi. The Balaban J connectivity index is 1.65. The van der Waals surface area contributed by atoms with Crippen LogP contribution in [-0.2, 0) is 0 Å². The van der Waals surface area contributed by atoms with Crippen molar-refractivity contribution in [2.75, 3.05) is 0 Å². The molecule has 0 atom stereocenters. The number of rotatable bonds is 3. The molecule has 0 aromatic heterocycles. The summed E-state index contributed by atoms with van der Waals surface area (Å²) in [6, 6.07) is 45.7. The van der Waals surface area contributed by atoms with E-state index in [0.717, 1.165) is 0 Å². The Kier molecular flexibility index (Phi) is 4.60. The van der Waals surface area contributed by atoms with Crippen molar-refractivity contribution in [2.45, 2.75) is 0 Å². The van der Waals surface area contributed by atoms with E-state index in [1.807, 2.05) is 0 Å². The third-order valence-electron chi connectivity index (χ3n) is 6.44. The number of fused-ring (bicyclic) bond motifs is 3. The second-order valence-corrected chi connectivity index (χ2v) is 13.1. The fourth-order valence-corrected chi connectivity index (χ4v) is 8.77. The van der Waals surface area contributed by atoms with Crippen molar-refractivity contribution in [2.24, 2.45) is 0 Å². The molecule has 0 saturated carbocycles. The second-order valence-electron chi connectivity index (χ2n) is 8.34. The van der Waals surface area contributed by atoms with Crippen LogP contribution < -0.4 is 15.6 Å². The first-order valence-electron chi connectivity index (χ1n) is 10.9. The molecule has 0 spiro atoms. The Morgan fingerprint density at radius 2 is 0.625 bits per heavy atom. The van der Waals surface area contributed by atoms with Gasteiger partial charge in [-0.3, -0.25) is 0 Å². The zero-order valence-electron chi connectivity index (χ0n) is 17.5. The first kappa shape index (κ1) is 19.3. The molecule has 0 aliphatic rings. The summed E-state index contributed by atoms with van der Waals surface area (Å²) in [5.74, 6) is 0. The van der Waals surface area contributed by atoms with Crippen LogP contribution in [0.3, 0.4) is 0 Å². The Labute approximate surface area is 193 Å². The van der Waals surface area contributed by atoms with Crippen molar-refractivity contribution in [1.82, 2.24) is 0 Å². The van der Waals surface area contributed by atoms with Crippen LogP contribution in [0.5, 0.6) is 0 Å². The number of halogens is 1. The molecule has 0 aliphatic heterocycles. The highest BCUT2D eigenvalue weighted by Gasteiger charge is 2.38. The summed E-state index contributed by atoms with van der Waals surface area (Å²) in [4.78, 5) is 0. The van der Waals surface area contributed by atoms with Crippen LogP contribution in [-0.4, -0.2) is 7.38 Å². The number of benzene rings is 6. The number of hydrogen-bond donors (Lipinski definition) is 0. The fraction of sp³-hybridized carbons (Fsp3) is 0. The van der Waals surface area contributed by atoms with E-state index in [-0.39, 0.29) is 0 Å². The maximum Gasteiger partial charge on any atom is 0.248 e. The lowest BCUT2D eigenvalue weighted by molar-refractivity contribution is 1.74. The van der Waals surface area contributed by atoms with Crippen molar-refractivity contribution < 1.29 is 0 Å². The van der Waals surface area contributed by atoms with E-state index < -0.39 is 7.38 Å². The van der Waals surface area contributed by atoms with Gasteiger partial charge in [-0.2, -0.15) is 0 Å². The summed E-state index contributed by atoms with van der Waals surface area (Å²) in [7, 11) is -2.76. The zero-order chi connectivity index (χ0) is 21.5. The average Bonchev–Trinajstić information content (AvgIpc) is 2.87. The first-order valence-corrected chi connectivity index (χ1v) is 13.9. The largest absolute Gasteiger partial charge is 0.248 e. The third kappa shape index (κ3) is 3.13. The second kappa shape index (κ2) is 7.63. The molecule has 0 saturated heterocycles. The molecule has 0 bridgehead atoms. The summed E-state index contributed by atoms with van der Waals surface area (Å²) in [6.07, 6.45) is 0. The summed E-state index contributed by atoms with van der Waals surface area (Å²) >= 11 is 7.86. The van der Waals surface area contributed by atoms with E-state index in [4.69, 9.17) is 11.1 Å². The normalized spacial score (nSPS) is 11.9. The van der Waals surface area contributed by atoms with Gasteiger partial charge in [0.1, 0.15) is 0 Å². The monoisotopic (exact) mass is 444 g/mol. The molecule has 152 valence electrons. The molecule has 0 nitrogen and oxygen atoms in total. The van der Waals surface area contributed by atoms with Gasteiger partial charge in [-0.05, 0) is 47.9 Å². The van der Waals surface area contributed by atoms with Gasteiger partial charge >= 0.3 is 0 Å². The van der Waals surface area contributed by atoms with Gasteiger partial charge in [-0.25, -0.2) is 0 Å². The highest BCUT2D eigenvalue weighted by molar-refractivity contribution is 7.40. The molecule has 0 fully saturated rings. The van der Waals surface area contributed by atoms with Crippen LogP contribution in [0.2, 0.25) is 0 Å². The smallest absolute Gasteiger partial charge is 0.149 e. The van der Waals surface area contributed by atoms with Gasteiger partial charge < -0.3 is 0 Å². The van der Waals surface area contributed by atoms with Gasteiger partial charge in [0.05, 0.1) is 0 Å². The molecule has 6 aromatic rings. The molecule has 0 unspecified atom stereocenters. The van der Waals surface area contributed by atoms with Crippen LogP contribution >= 0.6 is 11.1 Å². The lowest BCUT2D eigenvalue weighted by atomic mass is 10.1. The summed E-state index contributed by atoms with van der Waals surface area (Å²) in [5, 5.41) is 11.0. The SMILES string of the molecule is Cl[Si](c1ccc2ccccc2c1)(c1ccc2ccccc2c1)c1ccc2ccccc2c1. The molecule has 0 radical (unpaired) electrons. The van der Waals surface area contributed by atoms with E-state index in [1.165, 1.54) is 47.9 Å². The van der Waals surface area contributed by atoms with Crippen LogP contribution in [0.15, 0.2) is 127 Å². The van der Waals surface area contributed by atoms with Crippen molar-refractivity contribution in [3.8, 4) is 0 Å². The van der Waals surface area contributed by atoms with Gasteiger partial charge in [0, 0.05) is 0 Å². The minimum absolute atomic E-state index is 1.21. The van der Waals surface area contributed by atoms with Crippen LogP contribution in [0.4, 0.5) is 0 Å². The highest BCUT2D eigenvalue weighted by Crippen LogP contribution is 2.21. The third-order valence-corrected chi connectivity index (χ3v) is 11.7. The van der Waals surface area contributed by atoms with Gasteiger partial charge in [0.15, 0.2) is 0 Å². The van der Waals surface area contributed by atoms with E-state index in [9.17, 15) is 0 Å². The molecule has 2 heteroatoms. The van der Waals surface area contributed by atoms with Crippen LogP contribution in [0, 0.1) is 0 Å². The van der Waals surface area contributed by atoms with Crippen molar-refractivity contribution in [1.29, 1.82) is 0 Å². The quantitative estimate of drug-likeness (QED) is 0.169. The Bertz CT molecular complexity index is 1410. The molecular weight excluding hydrogens is 424 g/mol. The number of hydrogen-bond acceptors (Lipinski definition) is 0. The Morgan fingerprint density at radius 3 is 0.938 bits per heavy atom. The predicted molar refractivity (Wildman–Crippen MR) is 142 cm³/mol. The topological polar surface area (TPSA) is 0 Å². The summed E-state index contributed by atoms with van der Waals surface area (Å²) in [5.41, 5.74) is 0. The van der Waals surface area contributed by atoms with Crippen LogP contribution in [0.25, 0.3) is 32.3 Å². The van der Waals surface area contributed by atoms with Crippen molar-refractivity contribution in [3.63, 3.8) is 0 Å². The molecule has 0 N–H and O–H groups in total. The first-order chi connectivity index (χ1) is 15.7. The molecule has 0 heterocycles. The van der Waals surface area contributed by atoms with Gasteiger partial charge in [0.25, 0.3) is 0 Å². The summed E-state index contributed by atoms with van der Waals surface area (Å²) < 4.78 is 0. The molecule has 6 rings (SSSR count). The molecule has 32 heavy (non-hydrogen) atoms. The maximum absolute atomic E-state index is 7.86. The minimum Gasteiger partial charge on any atom is -0.149 e. The zero-order valence-corrected chi connectivity index (χ0v) is 19.3. The van der Waals surface area contributed by atoms with E-state index in [2.05, 4.69) is 127 Å².